The van der Waals surface area contributed by atoms with E-state index >= 15 is 0 Å². The second kappa shape index (κ2) is 7.53. The van der Waals surface area contributed by atoms with Crippen LogP contribution in [0.1, 0.15) is 44.8 Å². The van der Waals surface area contributed by atoms with Gasteiger partial charge in [0.1, 0.15) is 11.5 Å². The Kier molecular flexibility index (Phi) is 6.62. The van der Waals surface area contributed by atoms with Gasteiger partial charge in [0.2, 0.25) is 0 Å². The summed E-state index contributed by atoms with van der Waals surface area (Å²) in [4.78, 5) is 2.34. The molecule has 3 nitrogen and oxygen atoms in total. The molecule has 116 valence electrons. The molecule has 4 heteroatoms. The molecular formula is C16H30N2OS. The second-order valence-electron chi connectivity index (χ2n) is 6.62. The first-order valence-corrected chi connectivity index (χ1v) is 8.64. The Labute approximate surface area is 128 Å². The van der Waals surface area contributed by atoms with Gasteiger partial charge in [-0.1, -0.05) is 0 Å². The third kappa shape index (κ3) is 5.90. The maximum Gasteiger partial charge on any atom is 0.118 e. The molecule has 1 heterocycles. The van der Waals surface area contributed by atoms with Crippen LogP contribution in [-0.2, 0) is 13.1 Å². The van der Waals surface area contributed by atoms with E-state index in [2.05, 4.69) is 64.2 Å². The summed E-state index contributed by atoms with van der Waals surface area (Å²) in [5.74, 6) is 3.24. The summed E-state index contributed by atoms with van der Waals surface area (Å²) in [6.07, 6.45) is 2.15. The van der Waals surface area contributed by atoms with Crippen LogP contribution in [-0.4, -0.2) is 35.5 Å². The molecule has 0 radical (unpaired) electrons. The van der Waals surface area contributed by atoms with Crippen molar-refractivity contribution >= 4 is 11.8 Å². The normalized spacial score (nSPS) is 14.0. The van der Waals surface area contributed by atoms with Crippen LogP contribution >= 0.6 is 11.8 Å². The highest BCUT2D eigenvalue weighted by Crippen LogP contribution is 2.18. The fraction of sp³-hybridized carbons (Fsp3) is 0.750. The summed E-state index contributed by atoms with van der Waals surface area (Å²) in [5.41, 5.74) is 1.40. The molecule has 20 heavy (non-hydrogen) atoms. The lowest BCUT2D eigenvalue weighted by Gasteiger charge is -2.22. The van der Waals surface area contributed by atoms with Crippen LogP contribution in [0.15, 0.2) is 10.5 Å². The summed E-state index contributed by atoms with van der Waals surface area (Å²) in [7, 11) is 2.16. The van der Waals surface area contributed by atoms with Crippen LogP contribution in [0.3, 0.4) is 0 Å². The highest BCUT2D eigenvalue weighted by atomic mass is 32.2. The zero-order valence-electron chi connectivity index (χ0n) is 14.0. The molecule has 0 saturated heterocycles. The average Bonchev–Trinajstić information content (AvgIpc) is 2.66. The first-order valence-electron chi connectivity index (χ1n) is 7.25. The summed E-state index contributed by atoms with van der Waals surface area (Å²) in [5, 5.41) is 3.51. The number of hydrogen-bond acceptors (Lipinski definition) is 4. The van der Waals surface area contributed by atoms with E-state index in [1.807, 2.05) is 11.8 Å². The standard InChI is InChI=1S/C16H30N2OS/c1-12(11-20-7)18(6)10-15-8-14(13(2)19-15)9-17-16(3,4)5/h8,12,17H,9-11H2,1-7H3. The maximum atomic E-state index is 5.89. The largest absolute Gasteiger partial charge is 0.465 e. The van der Waals surface area contributed by atoms with E-state index in [1.54, 1.807) is 0 Å². The molecule has 0 aliphatic carbocycles. The Morgan fingerprint density at radius 2 is 2.05 bits per heavy atom. The Morgan fingerprint density at radius 1 is 1.40 bits per heavy atom. The van der Waals surface area contributed by atoms with Crippen LogP contribution in [0, 0.1) is 6.92 Å². The number of nitrogens with one attached hydrogen (secondary N) is 1. The van der Waals surface area contributed by atoms with E-state index in [1.165, 1.54) is 5.56 Å². The van der Waals surface area contributed by atoms with E-state index in [0.29, 0.717) is 6.04 Å². The zero-order chi connectivity index (χ0) is 15.3. The van der Waals surface area contributed by atoms with Crippen molar-refractivity contribution in [2.45, 2.75) is 59.3 Å². The first kappa shape index (κ1) is 17.6. The minimum Gasteiger partial charge on any atom is -0.465 e. The predicted molar refractivity (Wildman–Crippen MR) is 89.3 cm³/mol. The minimum absolute atomic E-state index is 0.132. The molecular weight excluding hydrogens is 268 g/mol. The predicted octanol–water partition coefficient (Wildman–Crippen LogP) is 3.66. The van der Waals surface area contributed by atoms with Crippen molar-refractivity contribution in [3.05, 3.63) is 23.2 Å². The molecule has 0 fully saturated rings. The lowest BCUT2D eigenvalue weighted by Crippen LogP contribution is -2.35. The van der Waals surface area contributed by atoms with Crippen molar-refractivity contribution in [2.75, 3.05) is 19.1 Å². The van der Waals surface area contributed by atoms with Gasteiger partial charge in [-0.2, -0.15) is 11.8 Å². The number of rotatable bonds is 7. The van der Waals surface area contributed by atoms with Crippen molar-refractivity contribution in [3.8, 4) is 0 Å². The second-order valence-corrected chi connectivity index (χ2v) is 7.53. The molecule has 1 N–H and O–H groups in total. The SMILES string of the molecule is CSCC(C)N(C)Cc1cc(CNC(C)(C)C)c(C)o1. The number of thioether (sulfide) groups is 1. The van der Waals surface area contributed by atoms with Gasteiger partial charge in [-0.15, -0.1) is 0 Å². The van der Waals surface area contributed by atoms with Gasteiger partial charge < -0.3 is 9.73 Å². The Morgan fingerprint density at radius 3 is 2.60 bits per heavy atom. The highest BCUT2D eigenvalue weighted by molar-refractivity contribution is 7.98. The van der Waals surface area contributed by atoms with Gasteiger partial charge in [0, 0.05) is 29.4 Å². The molecule has 1 atom stereocenters. The van der Waals surface area contributed by atoms with Gasteiger partial charge in [0.15, 0.2) is 0 Å². The van der Waals surface area contributed by atoms with Crippen LogP contribution in [0.25, 0.3) is 0 Å². The van der Waals surface area contributed by atoms with Crippen LogP contribution in [0.4, 0.5) is 0 Å². The molecule has 0 aliphatic heterocycles. The molecule has 0 saturated carbocycles. The number of aryl methyl sites for hydroxylation is 1. The van der Waals surface area contributed by atoms with Gasteiger partial charge in [0.25, 0.3) is 0 Å². The minimum atomic E-state index is 0.132. The fourth-order valence-corrected chi connectivity index (χ4v) is 2.71. The zero-order valence-corrected chi connectivity index (χ0v) is 14.9. The number of hydrogen-bond donors (Lipinski definition) is 1. The van der Waals surface area contributed by atoms with Crippen molar-refractivity contribution < 1.29 is 4.42 Å². The molecule has 0 spiro atoms. The van der Waals surface area contributed by atoms with E-state index in [9.17, 15) is 0 Å². The van der Waals surface area contributed by atoms with E-state index in [4.69, 9.17) is 4.42 Å². The molecule has 0 aromatic carbocycles. The summed E-state index contributed by atoms with van der Waals surface area (Å²) < 4.78 is 5.89. The summed E-state index contributed by atoms with van der Waals surface area (Å²) in [6.45, 7) is 12.6. The summed E-state index contributed by atoms with van der Waals surface area (Å²) in [6, 6.07) is 2.75. The van der Waals surface area contributed by atoms with Crippen LogP contribution in [0.5, 0.6) is 0 Å². The number of furan rings is 1. The van der Waals surface area contributed by atoms with Crippen LogP contribution < -0.4 is 5.32 Å². The van der Waals surface area contributed by atoms with Crippen molar-refractivity contribution in [1.29, 1.82) is 0 Å². The molecule has 0 amide bonds. The third-order valence-electron chi connectivity index (χ3n) is 3.45. The van der Waals surface area contributed by atoms with Gasteiger partial charge in [-0.3, -0.25) is 4.90 Å². The Bertz CT molecular complexity index is 409. The molecule has 1 aromatic rings. The fourth-order valence-electron chi connectivity index (χ4n) is 1.97. The Balaban J connectivity index is 2.61. The maximum absolute atomic E-state index is 5.89. The number of nitrogens with zero attached hydrogens (tertiary/aromatic N) is 1. The van der Waals surface area contributed by atoms with Crippen molar-refractivity contribution in [3.63, 3.8) is 0 Å². The van der Waals surface area contributed by atoms with Gasteiger partial charge in [-0.05, 0) is 54.0 Å². The van der Waals surface area contributed by atoms with Gasteiger partial charge in [-0.25, -0.2) is 0 Å². The highest BCUT2D eigenvalue weighted by Gasteiger charge is 2.15. The molecule has 0 bridgehead atoms. The quantitative estimate of drug-likeness (QED) is 0.831. The lowest BCUT2D eigenvalue weighted by molar-refractivity contribution is 0.245. The molecule has 1 unspecified atom stereocenters. The molecule has 1 aromatic heterocycles. The monoisotopic (exact) mass is 298 g/mol. The molecule has 1 rings (SSSR count). The Hall–Kier alpha value is -0.450. The van der Waals surface area contributed by atoms with Gasteiger partial charge >= 0.3 is 0 Å². The lowest BCUT2D eigenvalue weighted by atomic mass is 10.1. The smallest absolute Gasteiger partial charge is 0.118 e. The van der Waals surface area contributed by atoms with Crippen LogP contribution in [0.2, 0.25) is 0 Å². The van der Waals surface area contributed by atoms with E-state index < -0.39 is 0 Å². The van der Waals surface area contributed by atoms with Crippen molar-refractivity contribution in [1.82, 2.24) is 10.2 Å². The van der Waals surface area contributed by atoms with E-state index in [-0.39, 0.29) is 5.54 Å². The third-order valence-corrected chi connectivity index (χ3v) is 4.26. The molecule has 0 aliphatic rings. The summed E-state index contributed by atoms with van der Waals surface area (Å²) >= 11 is 1.89. The topological polar surface area (TPSA) is 28.4 Å². The van der Waals surface area contributed by atoms with Crippen molar-refractivity contribution in [2.24, 2.45) is 0 Å². The van der Waals surface area contributed by atoms with E-state index in [0.717, 1.165) is 30.4 Å². The average molecular weight is 298 g/mol. The van der Waals surface area contributed by atoms with Gasteiger partial charge in [0.05, 0.1) is 6.54 Å². The first-order chi connectivity index (χ1) is 9.23.